The van der Waals surface area contributed by atoms with Crippen molar-refractivity contribution in [2.24, 2.45) is 5.92 Å². The van der Waals surface area contributed by atoms with Crippen molar-refractivity contribution in [1.29, 1.82) is 0 Å². The first-order valence-electron chi connectivity index (χ1n) is 2.74. The van der Waals surface area contributed by atoms with Gasteiger partial charge in [0.05, 0.1) is 0 Å². The number of rotatable bonds is 2. The average Bonchev–Trinajstić information content (AvgIpc) is 1.67. The maximum atomic E-state index is 12.8. The molecule has 0 fully saturated rings. The van der Waals surface area contributed by atoms with Gasteiger partial charge in [-0.1, -0.05) is 13.8 Å². The average molecular weight is 136 g/mol. The van der Waals surface area contributed by atoms with Gasteiger partial charge in [0.2, 0.25) is 0 Å². The fourth-order valence-electron chi connectivity index (χ4n) is 0.236. The van der Waals surface area contributed by atoms with Crippen molar-refractivity contribution >= 4 is 10.5 Å². The van der Waals surface area contributed by atoms with E-state index in [0.717, 1.165) is 0 Å². The van der Waals surface area contributed by atoms with Crippen molar-refractivity contribution in [3.63, 3.8) is 0 Å². The molecule has 0 saturated carbocycles. The number of hydrogen-bond acceptors (Lipinski definition) is 1. The monoisotopic (exact) mass is 136 g/mol. The summed E-state index contributed by atoms with van der Waals surface area (Å²) >= 11 is 0. The van der Waals surface area contributed by atoms with Crippen LogP contribution in [-0.4, -0.2) is 16.3 Å². The largest absolute Gasteiger partial charge is 0.398 e. The topological polar surface area (TPSA) is 9.23 Å². The standard InChI is InChI=1S/C5H13FOSi/c1-4(2)5(3,6)7-8/h4H,1-3,8H3. The van der Waals surface area contributed by atoms with E-state index in [1.165, 1.54) is 6.92 Å². The molecule has 0 spiro atoms. The van der Waals surface area contributed by atoms with E-state index in [1.807, 2.05) is 0 Å². The summed E-state index contributed by atoms with van der Waals surface area (Å²) in [5, 5.41) is 0. The zero-order chi connectivity index (χ0) is 6.78. The van der Waals surface area contributed by atoms with Crippen LogP contribution in [0.2, 0.25) is 0 Å². The Morgan fingerprint density at radius 2 is 2.00 bits per heavy atom. The molecule has 0 aromatic heterocycles. The Bertz CT molecular complexity index is 72.8. The molecule has 0 heterocycles. The highest BCUT2D eigenvalue weighted by Crippen LogP contribution is 2.20. The van der Waals surface area contributed by atoms with Gasteiger partial charge in [0.25, 0.3) is 0 Å². The van der Waals surface area contributed by atoms with E-state index in [-0.39, 0.29) is 5.92 Å². The molecule has 0 aliphatic rings. The van der Waals surface area contributed by atoms with Crippen molar-refractivity contribution < 1.29 is 8.82 Å². The Labute approximate surface area is 52.8 Å². The smallest absolute Gasteiger partial charge is 0.198 e. The molecule has 0 rings (SSSR count). The van der Waals surface area contributed by atoms with Gasteiger partial charge in [-0.25, -0.2) is 4.39 Å². The lowest BCUT2D eigenvalue weighted by molar-refractivity contribution is -0.0785. The minimum absolute atomic E-state index is 0.0417. The Morgan fingerprint density at radius 1 is 1.62 bits per heavy atom. The molecule has 0 amide bonds. The van der Waals surface area contributed by atoms with Gasteiger partial charge in [-0.2, -0.15) is 0 Å². The molecule has 0 aliphatic carbocycles. The van der Waals surface area contributed by atoms with Gasteiger partial charge in [-0.15, -0.1) is 0 Å². The van der Waals surface area contributed by atoms with Gasteiger partial charge in [0.15, 0.2) is 5.85 Å². The summed E-state index contributed by atoms with van der Waals surface area (Å²) in [5.41, 5.74) is 0. The molecule has 0 bridgehead atoms. The van der Waals surface area contributed by atoms with E-state index in [9.17, 15) is 4.39 Å². The first-order chi connectivity index (χ1) is 3.50. The van der Waals surface area contributed by atoms with E-state index >= 15 is 0 Å². The summed E-state index contributed by atoms with van der Waals surface area (Å²) in [7, 11) is 0.470. The van der Waals surface area contributed by atoms with Crippen LogP contribution < -0.4 is 0 Å². The van der Waals surface area contributed by atoms with Crippen LogP contribution in [0.25, 0.3) is 0 Å². The summed E-state index contributed by atoms with van der Waals surface area (Å²) < 4.78 is 17.4. The lowest BCUT2D eigenvalue weighted by Crippen LogP contribution is -2.27. The second kappa shape index (κ2) is 2.59. The van der Waals surface area contributed by atoms with Crippen LogP contribution in [0.15, 0.2) is 0 Å². The second-order valence-electron chi connectivity index (χ2n) is 2.34. The van der Waals surface area contributed by atoms with Crippen molar-refractivity contribution in [3.05, 3.63) is 0 Å². The molecule has 1 nitrogen and oxygen atoms in total. The first-order valence-corrected chi connectivity index (χ1v) is 3.56. The van der Waals surface area contributed by atoms with Gasteiger partial charge < -0.3 is 4.43 Å². The molecule has 3 heteroatoms. The van der Waals surface area contributed by atoms with E-state index in [0.29, 0.717) is 10.5 Å². The van der Waals surface area contributed by atoms with Crippen molar-refractivity contribution in [2.75, 3.05) is 0 Å². The second-order valence-corrected chi connectivity index (χ2v) is 2.75. The SMILES string of the molecule is CC(C)C(C)(F)O[SiH3]. The van der Waals surface area contributed by atoms with Crippen LogP contribution in [0.5, 0.6) is 0 Å². The molecule has 50 valence electrons. The third-order valence-corrected chi connectivity index (χ3v) is 2.23. The van der Waals surface area contributed by atoms with Crippen molar-refractivity contribution in [3.8, 4) is 0 Å². The first kappa shape index (κ1) is 8.11. The predicted octanol–water partition coefficient (Wildman–Crippen LogP) is 0.625. The van der Waals surface area contributed by atoms with E-state index in [1.54, 1.807) is 13.8 Å². The molecule has 1 unspecified atom stereocenters. The summed E-state index contributed by atoms with van der Waals surface area (Å²) in [6.45, 7) is 5.07. The molecule has 0 N–H and O–H groups in total. The number of alkyl halides is 1. The summed E-state index contributed by atoms with van der Waals surface area (Å²) in [6.07, 6.45) is 0. The fourth-order valence-corrected chi connectivity index (χ4v) is 0.707. The molecule has 0 aromatic carbocycles. The Kier molecular flexibility index (Phi) is 2.63. The van der Waals surface area contributed by atoms with E-state index < -0.39 is 5.85 Å². The van der Waals surface area contributed by atoms with Crippen LogP contribution in [0, 0.1) is 5.92 Å². The highest BCUT2D eigenvalue weighted by atomic mass is 28.2. The lowest BCUT2D eigenvalue weighted by atomic mass is 10.1. The third kappa shape index (κ3) is 1.92. The molecule has 8 heavy (non-hydrogen) atoms. The fraction of sp³-hybridized carbons (Fsp3) is 1.00. The van der Waals surface area contributed by atoms with Gasteiger partial charge in [0.1, 0.15) is 10.5 Å². The molecule has 0 aliphatic heterocycles. The minimum atomic E-state index is -1.40. The highest BCUT2D eigenvalue weighted by molar-refractivity contribution is 5.98. The van der Waals surface area contributed by atoms with E-state index in [4.69, 9.17) is 0 Å². The quantitative estimate of drug-likeness (QED) is 0.506. The number of halogens is 1. The summed E-state index contributed by atoms with van der Waals surface area (Å²) in [4.78, 5) is 0. The van der Waals surface area contributed by atoms with Crippen LogP contribution in [0.1, 0.15) is 20.8 Å². The molecular formula is C5H13FOSi. The molecule has 1 atom stereocenters. The Hall–Kier alpha value is 0.107. The van der Waals surface area contributed by atoms with Gasteiger partial charge in [0, 0.05) is 5.92 Å². The van der Waals surface area contributed by atoms with Gasteiger partial charge in [-0.3, -0.25) is 0 Å². The zero-order valence-electron chi connectivity index (χ0n) is 5.86. The van der Waals surface area contributed by atoms with Gasteiger partial charge >= 0.3 is 0 Å². The van der Waals surface area contributed by atoms with Crippen molar-refractivity contribution in [2.45, 2.75) is 26.6 Å². The number of hydrogen-bond donors (Lipinski definition) is 0. The zero-order valence-corrected chi connectivity index (χ0v) is 7.86. The molecule has 0 radical (unpaired) electrons. The van der Waals surface area contributed by atoms with Crippen LogP contribution >= 0.6 is 0 Å². The molecular weight excluding hydrogens is 123 g/mol. The van der Waals surface area contributed by atoms with Crippen LogP contribution in [0.4, 0.5) is 4.39 Å². The Morgan fingerprint density at radius 3 is 2.00 bits per heavy atom. The van der Waals surface area contributed by atoms with Crippen LogP contribution in [0.3, 0.4) is 0 Å². The third-order valence-electron chi connectivity index (χ3n) is 1.43. The van der Waals surface area contributed by atoms with Crippen LogP contribution in [-0.2, 0) is 4.43 Å². The summed E-state index contributed by atoms with van der Waals surface area (Å²) in [6, 6.07) is 0. The maximum absolute atomic E-state index is 12.8. The van der Waals surface area contributed by atoms with Crippen molar-refractivity contribution in [1.82, 2.24) is 0 Å². The molecule has 0 saturated heterocycles. The van der Waals surface area contributed by atoms with E-state index in [2.05, 4.69) is 4.43 Å². The Balaban J connectivity index is 3.71. The minimum Gasteiger partial charge on any atom is -0.398 e. The van der Waals surface area contributed by atoms with Gasteiger partial charge in [-0.05, 0) is 6.92 Å². The normalized spacial score (nSPS) is 19.1. The summed E-state index contributed by atoms with van der Waals surface area (Å²) in [5.74, 6) is -1.44. The predicted molar refractivity (Wildman–Crippen MR) is 35.4 cm³/mol. The lowest BCUT2D eigenvalue weighted by Gasteiger charge is -2.22. The molecule has 0 aromatic rings. The highest BCUT2D eigenvalue weighted by Gasteiger charge is 2.25. The maximum Gasteiger partial charge on any atom is 0.198 e.